The Morgan fingerprint density at radius 1 is 1.56 bits per heavy atom. The van der Waals surface area contributed by atoms with Crippen LogP contribution >= 0.6 is 43.2 Å². The van der Waals surface area contributed by atoms with Crippen molar-refractivity contribution in [1.82, 2.24) is 5.32 Å². The van der Waals surface area contributed by atoms with Gasteiger partial charge in [-0.1, -0.05) is 29.8 Å². The number of amides is 1. The van der Waals surface area contributed by atoms with Gasteiger partial charge in [-0.15, -0.1) is 11.3 Å². The predicted octanol–water partition coefficient (Wildman–Crippen LogP) is 4.05. The fraction of sp³-hybridized carbons (Fsp3) is 0.545. The van der Waals surface area contributed by atoms with Gasteiger partial charge in [-0.05, 0) is 39.2 Å². The third-order valence-electron chi connectivity index (χ3n) is 2.32. The van der Waals surface area contributed by atoms with Gasteiger partial charge in [0.1, 0.15) is 4.88 Å². The molecule has 0 aromatic carbocycles. The monoisotopic (exact) mass is 367 g/mol. The van der Waals surface area contributed by atoms with Gasteiger partial charge in [0, 0.05) is 16.3 Å². The predicted molar refractivity (Wildman–Crippen MR) is 76.5 cm³/mol. The number of carbonyl (C=O) groups excluding carboxylic acids is 1. The Balaban J connectivity index is 2.51. The van der Waals surface area contributed by atoms with Crippen LogP contribution in [0.4, 0.5) is 0 Å². The molecule has 0 fully saturated rings. The second-order valence-corrected chi connectivity index (χ2v) is 6.95. The Morgan fingerprint density at radius 3 is 2.75 bits per heavy atom. The van der Waals surface area contributed by atoms with Crippen molar-refractivity contribution >= 4 is 49.1 Å². The van der Waals surface area contributed by atoms with Crippen LogP contribution in [0.3, 0.4) is 0 Å². The molecule has 0 unspecified atom stereocenters. The standard InChI is InChI=1S/C11H15Br2NOS/c1-11(2,4-5-12)7-14-10(15)9-8(13)3-6-16-9/h3,6H,4-5,7H2,1-2H3,(H,14,15). The van der Waals surface area contributed by atoms with Crippen molar-refractivity contribution in [2.75, 3.05) is 11.9 Å². The first-order chi connectivity index (χ1) is 7.46. The molecule has 1 N–H and O–H groups in total. The van der Waals surface area contributed by atoms with E-state index in [1.165, 1.54) is 11.3 Å². The van der Waals surface area contributed by atoms with Crippen molar-refractivity contribution in [3.8, 4) is 0 Å². The summed E-state index contributed by atoms with van der Waals surface area (Å²) in [5.41, 5.74) is 0.128. The quantitative estimate of drug-likeness (QED) is 0.780. The highest BCUT2D eigenvalue weighted by atomic mass is 79.9. The number of alkyl halides is 1. The van der Waals surface area contributed by atoms with Crippen molar-refractivity contribution in [2.45, 2.75) is 20.3 Å². The second-order valence-electron chi connectivity index (χ2n) is 4.38. The zero-order chi connectivity index (χ0) is 12.2. The largest absolute Gasteiger partial charge is 0.351 e. The molecule has 0 saturated carbocycles. The van der Waals surface area contributed by atoms with Crippen LogP contribution in [0, 0.1) is 5.41 Å². The van der Waals surface area contributed by atoms with E-state index in [9.17, 15) is 4.79 Å². The molecule has 1 aromatic heterocycles. The molecule has 5 heteroatoms. The minimum atomic E-state index is 0.00419. The van der Waals surface area contributed by atoms with Gasteiger partial charge in [0.05, 0.1) is 0 Å². The van der Waals surface area contributed by atoms with Gasteiger partial charge in [0.25, 0.3) is 5.91 Å². The molecule has 1 rings (SSSR count). The molecule has 0 radical (unpaired) electrons. The molecule has 16 heavy (non-hydrogen) atoms. The molecule has 0 atom stereocenters. The lowest BCUT2D eigenvalue weighted by Gasteiger charge is -2.23. The maximum Gasteiger partial charge on any atom is 0.262 e. The molecular weight excluding hydrogens is 354 g/mol. The summed E-state index contributed by atoms with van der Waals surface area (Å²) in [6, 6.07) is 1.89. The summed E-state index contributed by atoms with van der Waals surface area (Å²) < 4.78 is 0.869. The Kier molecular flexibility index (Phi) is 5.47. The summed E-state index contributed by atoms with van der Waals surface area (Å²) in [6.45, 7) is 5.00. The molecule has 0 aliphatic carbocycles. The number of hydrogen-bond acceptors (Lipinski definition) is 2. The van der Waals surface area contributed by atoms with Crippen LogP contribution in [0.2, 0.25) is 0 Å². The van der Waals surface area contributed by atoms with Crippen LogP contribution in [-0.4, -0.2) is 17.8 Å². The van der Waals surface area contributed by atoms with Gasteiger partial charge in [-0.25, -0.2) is 0 Å². The van der Waals surface area contributed by atoms with Crippen LogP contribution in [0.25, 0.3) is 0 Å². The topological polar surface area (TPSA) is 29.1 Å². The van der Waals surface area contributed by atoms with E-state index >= 15 is 0 Å². The fourth-order valence-electron chi connectivity index (χ4n) is 1.20. The molecule has 90 valence electrons. The normalized spacial score (nSPS) is 11.5. The van der Waals surface area contributed by atoms with E-state index in [1.54, 1.807) is 0 Å². The van der Waals surface area contributed by atoms with Gasteiger partial charge in [-0.2, -0.15) is 0 Å². The van der Waals surface area contributed by atoms with Crippen LogP contribution in [0.5, 0.6) is 0 Å². The summed E-state index contributed by atoms with van der Waals surface area (Å²) in [7, 11) is 0. The smallest absolute Gasteiger partial charge is 0.262 e. The van der Waals surface area contributed by atoms with E-state index in [-0.39, 0.29) is 11.3 Å². The Bertz CT molecular complexity index is 363. The highest BCUT2D eigenvalue weighted by molar-refractivity contribution is 9.10. The van der Waals surface area contributed by atoms with Crippen molar-refractivity contribution in [2.24, 2.45) is 5.41 Å². The Labute approximate surface area is 117 Å². The van der Waals surface area contributed by atoms with Gasteiger partial charge in [-0.3, -0.25) is 4.79 Å². The van der Waals surface area contributed by atoms with Crippen molar-refractivity contribution in [3.63, 3.8) is 0 Å². The van der Waals surface area contributed by atoms with Crippen molar-refractivity contribution in [1.29, 1.82) is 0 Å². The first-order valence-electron chi connectivity index (χ1n) is 5.03. The molecule has 0 aliphatic heterocycles. The average Bonchev–Trinajstić information content (AvgIpc) is 2.61. The minimum absolute atomic E-state index is 0.00419. The average molecular weight is 369 g/mol. The lowest BCUT2D eigenvalue weighted by molar-refractivity contribution is 0.0939. The van der Waals surface area contributed by atoms with Crippen molar-refractivity contribution in [3.05, 3.63) is 20.8 Å². The number of hydrogen-bond donors (Lipinski definition) is 1. The Hall–Kier alpha value is 0.130. The van der Waals surface area contributed by atoms with Crippen LogP contribution in [0.15, 0.2) is 15.9 Å². The summed E-state index contributed by atoms with van der Waals surface area (Å²) in [4.78, 5) is 12.6. The summed E-state index contributed by atoms with van der Waals surface area (Å²) in [5.74, 6) is 0.00419. The second kappa shape index (κ2) is 6.17. The third-order valence-corrected chi connectivity index (χ3v) is 4.56. The van der Waals surface area contributed by atoms with Gasteiger partial charge < -0.3 is 5.32 Å². The van der Waals surface area contributed by atoms with E-state index in [4.69, 9.17) is 0 Å². The number of nitrogens with one attached hydrogen (secondary N) is 1. The number of rotatable bonds is 5. The van der Waals surface area contributed by atoms with E-state index in [2.05, 4.69) is 51.0 Å². The van der Waals surface area contributed by atoms with Gasteiger partial charge in [0.15, 0.2) is 0 Å². The molecule has 0 spiro atoms. The molecule has 2 nitrogen and oxygen atoms in total. The highest BCUT2D eigenvalue weighted by Gasteiger charge is 2.19. The summed E-state index contributed by atoms with van der Waals surface area (Å²) in [6.07, 6.45) is 1.04. The number of carbonyl (C=O) groups is 1. The molecular formula is C11H15Br2NOS. The molecule has 0 bridgehead atoms. The molecule has 0 saturated heterocycles. The molecule has 1 aromatic rings. The maximum atomic E-state index is 11.8. The van der Waals surface area contributed by atoms with E-state index in [0.717, 1.165) is 21.1 Å². The minimum Gasteiger partial charge on any atom is -0.351 e. The zero-order valence-corrected chi connectivity index (χ0v) is 13.3. The summed E-state index contributed by atoms with van der Waals surface area (Å²) >= 11 is 8.24. The SMILES string of the molecule is CC(C)(CCBr)CNC(=O)c1sccc1Br. The first-order valence-corrected chi connectivity index (χ1v) is 7.83. The lowest BCUT2D eigenvalue weighted by Crippen LogP contribution is -2.34. The van der Waals surface area contributed by atoms with Crippen LogP contribution < -0.4 is 5.32 Å². The third kappa shape index (κ3) is 4.18. The maximum absolute atomic E-state index is 11.8. The summed E-state index contributed by atoms with van der Waals surface area (Å²) in [5, 5.41) is 5.83. The zero-order valence-electron chi connectivity index (χ0n) is 9.35. The van der Waals surface area contributed by atoms with E-state index < -0.39 is 0 Å². The fourth-order valence-corrected chi connectivity index (χ4v) is 3.74. The van der Waals surface area contributed by atoms with Gasteiger partial charge in [0.2, 0.25) is 0 Å². The molecule has 0 aliphatic rings. The Morgan fingerprint density at radius 2 is 2.25 bits per heavy atom. The van der Waals surface area contributed by atoms with Crippen LogP contribution in [0.1, 0.15) is 29.9 Å². The number of thiophene rings is 1. The van der Waals surface area contributed by atoms with Gasteiger partial charge >= 0.3 is 0 Å². The van der Waals surface area contributed by atoms with E-state index in [0.29, 0.717) is 6.54 Å². The van der Waals surface area contributed by atoms with Crippen molar-refractivity contribution < 1.29 is 4.79 Å². The highest BCUT2D eigenvalue weighted by Crippen LogP contribution is 2.24. The molecule has 1 amide bonds. The number of halogens is 2. The van der Waals surface area contributed by atoms with Crippen LogP contribution in [-0.2, 0) is 0 Å². The van der Waals surface area contributed by atoms with E-state index in [1.807, 2.05) is 11.4 Å². The molecule has 1 heterocycles. The first kappa shape index (κ1) is 14.2. The lowest BCUT2D eigenvalue weighted by atomic mass is 9.90.